The minimum Gasteiger partial charge on any atom is -0.368 e. The second kappa shape index (κ2) is 6.40. The van der Waals surface area contributed by atoms with Crippen LogP contribution in [-0.2, 0) is 11.9 Å². The molecule has 1 heterocycles. The van der Waals surface area contributed by atoms with Crippen LogP contribution in [0, 0.1) is 6.92 Å². The van der Waals surface area contributed by atoms with E-state index in [1.54, 1.807) is 0 Å². The Labute approximate surface area is 127 Å². The van der Waals surface area contributed by atoms with E-state index in [-0.39, 0.29) is 0 Å². The Balaban J connectivity index is 2.25. The third-order valence-electron chi connectivity index (χ3n) is 2.98. The summed E-state index contributed by atoms with van der Waals surface area (Å²) in [5.74, 6) is 0. The summed E-state index contributed by atoms with van der Waals surface area (Å²) in [5, 5.41) is 1.53. The Kier molecular flexibility index (Phi) is 4.83. The summed E-state index contributed by atoms with van der Waals surface area (Å²) in [7, 11) is 2.06. The number of rotatable bonds is 4. The van der Waals surface area contributed by atoms with Crippen LogP contribution in [0.15, 0.2) is 36.4 Å². The van der Waals surface area contributed by atoms with Crippen LogP contribution in [0.2, 0.25) is 5.02 Å². The molecule has 0 saturated carbocycles. The predicted molar refractivity (Wildman–Crippen MR) is 85.2 cm³/mol. The smallest absolute Gasteiger partial charge is 0.0600 e. The first-order chi connectivity index (χ1) is 9.11. The molecule has 1 aromatic heterocycles. The summed E-state index contributed by atoms with van der Waals surface area (Å²) in [4.78, 5) is 6.70. The zero-order valence-corrected chi connectivity index (χ0v) is 13.4. The molecule has 0 aliphatic heterocycles. The van der Waals surface area contributed by atoms with Crippen molar-refractivity contribution in [2.45, 2.75) is 18.8 Å². The molecule has 0 spiro atoms. The van der Waals surface area contributed by atoms with Crippen molar-refractivity contribution >= 4 is 33.2 Å². The van der Waals surface area contributed by atoms with Crippen LogP contribution in [0.5, 0.6) is 0 Å². The van der Waals surface area contributed by atoms with Gasteiger partial charge in [0, 0.05) is 34.3 Å². The number of alkyl halides is 1. The van der Waals surface area contributed by atoms with E-state index in [1.807, 2.05) is 37.3 Å². The van der Waals surface area contributed by atoms with Gasteiger partial charge in [-0.1, -0.05) is 39.7 Å². The molecular weight excluding hydrogens is 324 g/mol. The molecular formula is C15H16BrClN2. The van der Waals surface area contributed by atoms with Crippen LogP contribution < -0.4 is 4.90 Å². The molecule has 2 rings (SSSR count). The Morgan fingerprint density at radius 3 is 2.63 bits per heavy atom. The highest BCUT2D eigenvalue weighted by molar-refractivity contribution is 9.08. The van der Waals surface area contributed by atoms with E-state index < -0.39 is 0 Å². The van der Waals surface area contributed by atoms with E-state index in [2.05, 4.69) is 38.9 Å². The van der Waals surface area contributed by atoms with E-state index >= 15 is 0 Å². The summed E-state index contributed by atoms with van der Waals surface area (Å²) in [6.07, 6.45) is 0. The van der Waals surface area contributed by atoms with Gasteiger partial charge in [-0.05, 0) is 31.2 Å². The molecule has 0 aliphatic rings. The number of hydrogen-bond acceptors (Lipinski definition) is 2. The third kappa shape index (κ3) is 3.48. The summed E-state index contributed by atoms with van der Waals surface area (Å²) in [6.45, 7) is 2.77. The SMILES string of the molecule is Cc1cccc(CN(C)c2cccc(Cl)c2CBr)n1. The average molecular weight is 340 g/mol. The van der Waals surface area contributed by atoms with Crippen molar-refractivity contribution in [1.82, 2.24) is 4.98 Å². The Morgan fingerprint density at radius 1 is 1.21 bits per heavy atom. The lowest BCUT2D eigenvalue weighted by Gasteiger charge is -2.22. The topological polar surface area (TPSA) is 16.1 Å². The maximum atomic E-state index is 6.23. The van der Waals surface area contributed by atoms with E-state index in [4.69, 9.17) is 11.6 Å². The van der Waals surface area contributed by atoms with Gasteiger partial charge in [-0.3, -0.25) is 4.98 Å². The number of pyridine rings is 1. The van der Waals surface area contributed by atoms with Gasteiger partial charge in [0.25, 0.3) is 0 Å². The molecule has 0 unspecified atom stereocenters. The second-order valence-corrected chi connectivity index (χ2v) is 5.47. The third-order valence-corrected chi connectivity index (χ3v) is 3.90. The Morgan fingerprint density at radius 2 is 1.95 bits per heavy atom. The number of halogens is 2. The highest BCUT2D eigenvalue weighted by Gasteiger charge is 2.10. The van der Waals surface area contributed by atoms with Crippen LogP contribution in [0.3, 0.4) is 0 Å². The van der Waals surface area contributed by atoms with Crippen LogP contribution >= 0.6 is 27.5 Å². The van der Waals surface area contributed by atoms with Gasteiger partial charge in [-0.15, -0.1) is 0 Å². The van der Waals surface area contributed by atoms with E-state index in [0.29, 0.717) is 0 Å². The lowest BCUT2D eigenvalue weighted by molar-refractivity contribution is 0.872. The summed E-state index contributed by atoms with van der Waals surface area (Å²) in [5.41, 5.74) is 4.34. The summed E-state index contributed by atoms with van der Waals surface area (Å²) >= 11 is 9.73. The maximum Gasteiger partial charge on any atom is 0.0600 e. The monoisotopic (exact) mass is 338 g/mol. The summed E-state index contributed by atoms with van der Waals surface area (Å²) in [6, 6.07) is 12.1. The fourth-order valence-electron chi connectivity index (χ4n) is 2.05. The molecule has 1 aromatic carbocycles. The fourth-order valence-corrected chi connectivity index (χ4v) is 3.04. The van der Waals surface area contributed by atoms with Crippen molar-refractivity contribution in [1.29, 1.82) is 0 Å². The zero-order chi connectivity index (χ0) is 13.8. The summed E-state index contributed by atoms with van der Waals surface area (Å²) < 4.78 is 0. The van der Waals surface area contributed by atoms with Gasteiger partial charge in [0.2, 0.25) is 0 Å². The van der Waals surface area contributed by atoms with Crippen LogP contribution in [0.1, 0.15) is 17.0 Å². The van der Waals surface area contributed by atoms with E-state index in [1.165, 1.54) is 0 Å². The molecule has 0 atom stereocenters. The Hall–Kier alpha value is -1.06. The standard InChI is InChI=1S/C15H16BrClN2/c1-11-5-3-6-12(18-11)10-19(2)15-8-4-7-14(17)13(15)9-16/h3-8H,9-10H2,1-2H3. The molecule has 0 amide bonds. The lowest BCUT2D eigenvalue weighted by Crippen LogP contribution is -2.18. The van der Waals surface area contributed by atoms with Crippen LogP contribution in [-0.4, -0.2) is 12.0 Å². The molecule has 19 heavy (non-hydrogen) atoms. The molecule has 2 nitrogen and oxygen atoms in total. The van der Waals surface area contributed by atoms with E-state index in [0.717, 1.165) is 39.5 Å². The molecule has 0 saturated heterocycles. The quantitative estimate of drug-likeness (QED) is 0.758. The number of nitrogens with zero attached hydrogens (tertiary/aromatic N) is 2. The van der Waals surface area contributed by atoms with Crippen LogP contribution in [0.25, 0.3) is 0 Å². The van der Waals surface area contributed by atoms with Gasteiger partial charge in [0.05, 0.1) is 12.2 Å². The molecule has 100 valence electrons. The molecule has 0 bridgehead atoms. The number of aromatic nitrogens is 1. The van der Waals surface area contributed by atoms with Gasteiger partial charge in [0.1, 0.15) is 0 Å². The van der Waals surface area contributed by atoms with Crippen molar-refractivity contribution in [2.75, 3.05) is 11.9 Å². The number of benzene rings is 1. The first kappa shape index (κ1) is 14.4. The predicted octanol–water partition coefficient (Wildman–Crippen LogP) is 4.57. The van der Waals surface area contributed by atoms with E-state index in [9.17, 15) is 0 Å². The molecule has 2 aromatic rings. The van der Waals surface area contributed by atoms with Gasteiger partial charge >= 0.3 is 0 Å². The highest BCUT2D eigenvalue weighted by atomic mass is 79.9. The van der Waals surface area contributed by atoms with Gasteiger partial charge in [-0.25, -0.2) is 0 Å². The highest BCUT2D eigenvalue weighted by Crippen LogP contribution is 2.29. The lowest BCUT2D eigenvalue weighted by atomic mass is 10.2. The second-order valence-electron chi connectivity index (χ2n) is 4.50. The fraction of sp³-hybridized carbons (Fsp3) is 0.267. The molecule has 4 heteroatoms. The average Bonchev–Trinajstić information content (AvgIpc) is 2.38. The van der Waals surface area contributed by atoms with Crippen molar-refractivity contribution in [3.63, 3.8) is 0 Å². The van der Waals surface area contributed by atoms with Gasteiger partial charge < -0.3 is 4.90 Å². The van der Waals surface area contributed by atoms with Gasteiger partial charge in [0.15, 0.2) is 0 Å². The number of hydrogen-bond donors (Lipinski definition) is 0. The Bertz CT molecular complexity index is 572. The van der Waals surface area contributed by atoms with Crippen molar-refractivity contribution in [2.24, 2.45) is 0 Å². The minimum absolute atomic E-state index is 0.744. The number of anilines is 1. The molecule has 0 aliphatic carbocycles. The maximum absolute atomic E-state index is 6.23. The van der Waals surface area contributed by atoms with Crippen molar-refractivity contribution in [3.8, 4) is 0 Å². The zero-order valence-electron chi connectivity index (χ0n) is 11.0. The molecule has 0 N–H and O–H groups in total. The molecule has 0 fully saturated rings. The van der Waals surface area contributed by atoms with Crippen LogP contribution in [0.4, 0.5) is 5.69 Å². The first-order valence-corrected chi connectivity index (χ1v) is 7.59. The van der Waals surface area contributed by atoms with Gasteiger partial charge in [-0.2, -0.15) is 0 Å². The normalized spacial score (nSPS) is 10.5. The molecule has 0 radical (unpaired) electrons. The van der Waals surface area contributed by atoms with Crippen molar-refractivity contribution < 1.29 is 0 Å². The van der Waals surface area contributed by atoms with Crippen molar-refractivity contribution in [3.05, 3.63) is 58.4 Å². The largest absolute Gasteiger partial charge is 0.368 e. The number of aryl methyl sites for hydroxylation is 1. The first-order valence-electron chi connectivity index (χ1n) is 6.09. The minimum atomic E-state index is 0.744.